The van der Waals surface area contributed by atoms with Crippen molar-refractivity contribution >= 4 is 0 Å². The maximum atomic E-state index is 8.88. The molecule has 2 aliphatic rings. The van der Waals surface area contributed by atoms with Crippen molar-refractivity contribution < 1.29 is 4.74 Å². The SMILES string of the molecule is N#CC(COCCC1CCC1)NC1CC1. The Morgan fingerprint density at radius 1 is 1.33 bits per heavy atom. The zero-order valence-corrected chi connectivity index (χ0v) is 9.24. The number of nitrogens with one attached hydrogen (secondary N) is 1. The Bertz CT molecular complexity index is 228. The summed E-state index contributed by atoms with van der Waals surface area (Å²) in [5, 5.41) is 12.1. The molecular formula is C12H20N2O. The van der Waals surface area contributed by atoms with Crippen molar-refractivity contribution in [2.24, 2.45) is 5.92 Å². The molecule has 2 fully saturated rings. The van der Waals surface area contributed by atoms with Crippen LogP contribution in [0.4, 0.5) is 0 Å². The lowest BCUT2D eigenvalue weighted by molar-refractivity contribution is 0.0978. The first-order valence-corrected chi connectivity index (χ1v) is 6.12. The van der Waals surface area contributed by atoms with Crippen LogP contribution in [0, 0.1) is 17.2 Å². The fourth-order valence-electron chi connectivity index (χ4n) is 1.89. The number of nitriles is 1. The molecule has 3 nitrogen and oxygen atoms in total. The quantitative estimate of drug-likeness (QED) is 0.649. The molecule has 2 aliphatic carbocycles. The molecule has 0 aromatic rings. The van der Waals surface area contributed by atoms with Crippen LogP contribution in [0.3, 0.4) is 0 Å². The average molecular weight is 208 g/mol. The monoisotopic (exact) mass is 208 g/mol. The smallest absolute Gasteiger partial charge is 0.119 e. The molecule has 0 saturated heterocycles. The van der Waals surface area contributed by atoms with Crippen LogP contribution >= 0.6 is 0 Å². The second kappa shape index (κ2) is 5.48. The van der Waals surface area contributed by atoms with E-state index in [1.807, 2.05) is 0 Å². The van der Waals surface area contributed by atoms with Crippen molar-refractivity contribution in [3.05, 3.63) is 0 Å². The molecule has 1 N–H and O–H groups in total. The summed E-state index contributed by atoms with van der Waals surface area (Å²) in [5.74, 6) is 0.905. The van der Waals surface area contributed by atoms with E-state index in [1.165, 1.54) is 38.5 Å². The second-order valence-corrected chi connectivity index (χ2v) is 4.78. The fourth-order valence-corrected chi connectivity index (χ4v) is 1.89. The van der Waals surface area contributed by atoms with Crippen LogP contribution in [0.25, 0.3) is 0 Å². The summed E-state index contributed by atoms with van der Waals surface area (Å²) < 4.78 is 5.54. The number of rotatable bonds is 7. The van der Waals surface area contributed by atoms with E-state index < -0.39 is 0 Å². The van der Waals surface area contributed by atoms with Crippen molar-refractivity contribution in [3.8, 4) is 6.07 Å². The van der Waals surface area contributed by atoms with Gasteiger partial charge in [0.2, 0.25) is 0 Å². The number of hydrogen-bond acceptors (Lipinski definition) is 3. The Kier molecular flexibility index (Phi) is 3.99. The zero-order chi connectivity index (χ0) is 10.5. The van der Waals surface area contributed by atoms with Gasteiger partial charge in [-0.3, -0.25) is 5.32 Å². The van der Waals surface area contributed by atoms with Crippen LogP contribution in [-0.4, -0.2) is 25.3 Å². The molecule has 2 rings (SSSR count). The Labute approximate surface area is 91.8 Å². The lowest BCUT2D eigenvalue weighted by Gasteiger charge is -2.25. The van der Waals surface area contributed by atoms with Crippen LogP contribution in [-0.2, 0) is 4.74 Å². The van der Waals surface area contributed by atoms with E-state index in [2.05, 4.69) is 11.4 Å². The van der Waals surface area contributed by atoms with E-state index in [-0.39, 0.29) is 6.04 Å². The van der Waals surface area contributed by atoms with Crippen molar-refractivity contribution in [2.45, 2.75) is 50.6 Å². The summed E-state index contributed by atoms with van der Waals surface area (Å²) in [6, 6.07) is 2.74. The van der Waals surface area contributed by atoms with Gasteiger partial charge in [0.1, 0.15) is 6.04 Å². The molecule has 15 heavy (non-hydrogen) atoms. The molecule has 2 saturated carbocycles. The van der Waals surface area contributed by atoms with Crippen LogP contribution in [0.5, 0.6) is 0 Å². The molecule has 0 amide bonds. The highest BCUT2D eigenvalue weighted by Crippen LogP contribution is 2.29. The Morgan fingerprint density at radius 2 is 2.13 bits per heavy atom. The lowest BCUT2D eigenvalue weighted by Crippen LogP contribution is -2.34. The van der Waals surface area contributed by atoms with Crippen molar-refractivity contribution in [3.63, 3.8) is 0 Å². The maximum Gasteiger partial charge on any atom is 0.119 e. The molecular weight excluding hydrogens is 188 g/mol. The molecule has 0 radical (unpaired) electrons. The predicted octanol–water partition coefficient (Wildman–Crippen LogP) is 1.84. The molecule has 84 valence electrons. The first-order valence-electron chi connectivity index (χ1n) is 6.12. The van der Waals surface area contributed by atoms with E-state index in [4.69, 9.17) is 10.00 Å². The molecule has 1 unspecified atom stereocenters. The fraction of sp³-hybridized carbons (Fsp3) is 0.917. The lowest BCUT2D eigenvalue weighted by atomic mass is 9.83. The van der Waals surface area contributed by atoms with Gasteiger partial charge in [-0.25, -0.2) is 0 Å². The first-order chi connectivity index (χ1) is 7.38. The van der Waals surface area contributed by atoms with Gasteiger partial charge < -0.3 is 4.74 Å². The van der Waals surface area contributed by atoms with Gasteiger partial charge in [0.25, 0.3) is 0 Å². The van der Waals surface area contributed by atoms with E-state index in [9.17, 15) is 0 Å². The molecule has 0 spiro atoms. The third-order valence-electron chi connectivity index (χ3n) is 3.35. The highest BCUT2D eigenvalue weighted by Gasteiger charge is 2.24. The van der Waals surface area contributed by atoms with E-state index >= 15 is 0 Å². The minimum absolute atomic E-state index is 0.0982. The van der Waals surface area contributed by atoms with Crippen LogP contribution < -0.4 is 5.32 Å². The first kappa shape index (κ1) is 10.9. The molecule has 0 aliphatic heterocycles. The average Bonchev–Trinajstić information content (AvgIpc) is 2.96. The van der Waals surface area contributed by atoms with Crippen LogP contribution in [0.2, 0.25) is 0 Å². The van der Waals surface area contributed by atoms with Gasteiger partial charge in [-0.2, -0.15) is 5.26 Å². The molecule has 0 aromatic carbocycles. The van der Waals surface area contributed by atoms with Crippen LogP contribution in [0.15, 0.2) is 0 Å². The van der Waals surface area contributed by atoms with Gasteiger partial charge in [-0.05, 0) is 25.2 Å². The van der Waals surface area contributed by atoms with Gasteiger partial charge in [-0.15, -0.1) is 0 Å². The molecule has 1 atom stereocenters. The summed E-state index contributed by atoms with van der Waals surface area (Å²) in [6.45, 7) is 1.38. The summed E-state index contributed by atoms with van der Waals surface area (Å²) in [5.41, 5.74) is 0. The van der Waals surface area contributed by atoms with Crippen molar-refractivity contribution in [2.75, 3.05) is 13.2 Å². The summed E-state index contributed by atoms with van der Waals surface area (Å²) in [7, 11) is 0. The van der Waals surface area contributed by atoms with Crippen molar-refractivity contribution in [1.29, 1.82) is 5.26 Å². The third kappa shape index (κ3) is 3.81. The standard InChI is InChI=1S/C12H20N2O/c13-8-12(14-11-4-5-11)9-15-7-6-10-2-1-3-10/h10-12,14H,1-7,9H2. The topological polar surface area (TPSA) is 45.0 Å². The summed E-state index contributed by atoms with van der Waals surface area (Å²) >= 11 is 0. The highest BCUT2D eigenvalue weighted by molar-refractivity contribution is 4.95. The van der Waals surface area contributed by atoms with E-state index in [0.29, 0.717) is 12.6 Å². The summed E-state index contributed by atoms with van der Waals surface area (Å²) in [4.78, 5) is 0. The molecule has 3 heteroatoms. The van der Waals surface area contributed by atoms with Gasteiger partial charge in [-0.1, -0.05) is 19.3 Å². The van der Waals surface area contributed by atoms with Gasteiger partial charge in [0.15, 0.2) is 0 Å². The van der Waals surface area contributed by atoms with Crippen molar-refractivity contribution in [1.82, 2.24) is 5.32 Å². The molecule has 0 aromatic heterocycles. The second-order valence-electron chi connectivity index (χ2n) is 4.78. The predicted molar refractivity (Wildman–Crippen MR) is 58.3 cm³/mol. The third-order valence-corrected chi connectivity index (χ3v) is 3.35. The minimum atomic E-state index is -0.0982. The number of nitrogens with zero attached hydrogens (tertiary/aromatic N) is 1. The Balaban J connectivity index is 1.48. The number of ether oxygens (including phenoxy) is 1. The maximum absolute atomic E-state index is 8.88. The van der Waals surface area contributed by atoms with E-state index in [1.54, 1.807) is 0 Å². The Hall–Kier alpha value is -0.590. The van der Waals surface area contributed by atoms with Gasteiger partial charge in [0, 0.05) is 12.6 Å². The minimum Gasteiger partial charge on any atom is -0.379 e. The van der Waals surface area contributed by atoms with Crippen LogP contribution in [0.1, 0.15) is 38.5 Å². The molecule has 0 heterocycles. The van der Waals surface area contributed by atoms with Gasteiger partial charge in [0.05, 0.1) is 12.7 Å². The zero-order valence-electron chi connectivity index (χ0n) is 9.24. The van der Waals surface area contributed by atoms with E-state index in [0.717, 1.165) is 12.5 Å². The highest BCUT2D eigenvalue weighted by atomic mass is 16.5. The van der Waals surface area contributed by atoms with Gasteiger partial charge >= 0.3 is 0 Å². The normalized spacial score (nSPS) is 23.1. The number of hydrogen-bond donors (Lipinski definition) is 1. The molecule has 0 bridgehead atoms. The Morgan fingerprint density at radius 3 is 2.67 bits per heavy atom. The largest absolute Gasteiger partial charge is 0.379 e. The summed E-state index contributed by atoms with van der Waals surface area (Å²) in [6.07, 6.45) is 7.79.